The molecule has 2 aromatic rings. The molecule has 4 rings (SSSR count). The lowest BCUT2D eigenvalue weighted by Gasteiger charge is -2.24. The number of carbonyl (C=O) groups excluding carboxylic acids is 1. The highest BCUT2D eigenvalue weighted by Gasteiger charge is 2.46. The van der Waals surface area contributed by atoms with Gasteiger partial charge in [-0.15, -0.1) is 5.10 Å². The van der Waals surface area contributed by atoms with Crippen molar-refractivity contribution in [3.05, 3.63) is 46.1 Å². The van der Waals surface area contributed by atoms with Crippen LogP contribution in [0.25, 0.3) is 0 Å². The van der Waals surface area contributed by atoms with E-state index >= 15 is 0 Å². The number of nitrogens with zero attached hydrogens (tertiary/aromatic N) is 2. The molecule has 0 unspecified atom stereocenters. The highest BCUT2D eigenvalue weighted by molar-refractivity contribution is 6.05. The first-order chi connectivity index (χ1) is 10.2. The second kappa shape index (κ2) is 4.31. The lowest BCUT2D eigenvalue weighted by Crippen LogP contribution is -2.36. The van der Waals surface area contributed by atoms with Gasteiger partial charge in [0.15, 0.2) is 0 Å². The molecule has 2 heterocycles. The van der Waals surface area contributed by atoms with E-state index < -0.39 is 5.69 Å². The number of nitrogens with one attached hydrogen (secondary N) is 2. The first kappa shape index (κ1) is 12.4. The predicted octanol–water partition coefficient (Wildman–Crippen LogP) is 1.57. The monoisotopic (exact) mass is 284 g/mol. The van der Waals surface area contributed by atoms with E-state index in [1.165, 1.54) is 18.4 Å². The summed E-state index contributed by atoms with van der Waals surface area (Å²) < 4.78 is 0. The van der Waals surface area contributed by atoms with Gasteiger partial charge in [-0.1, -0.05) is 31.0 Å². The summed E-state index contributed by atoms with van der Waals surface area (Å²) in [6.45, 7) is 0.681. The molecule has 0 bridgehead atoms. The molecule has 0 saturated heterocycles. The highest BCUT2D eigenvalue weighted by Crippen LogP contribution is 2.50. The third-order valence-corrected chi connectivity index (χ3v) is 4.74. The van der Waals surface area contributed by atoms with Crippen LogP contribution in [0.5, 0.6) is 0 Å². The Morgan fingerprint density at radius 3 is 2.71 bits per heavy atom. The summed E-state index contributed by atoms with van der Waals surface area (Å²) in [5.41, 5.74) is 1.84. The molecule has 1 saturated carbocycles. The maximum atomic E-state index is 12.6. The van der Waals surface area contributed by atoms with Gasteiger partial charge >= 0.3 is 5.69 Å². The summed E-state index contributed by atoms with van der Waals surface area (Å²) in [4.78, 5) is 28.0. The first-order valence-corrected chi connectivity index (χ1v) is 7.26. The molecule has 1 fully saturated rings. The summed E-state index contributed by atoms with van der Waals surface area (Å²) in [7, 11) is 0. The van der Waals surface area contributed by atoms with Crippen LogP contribution in [0, 0.1) is 0 Å². The van der Waals surface area contributed by atoms with Crippen LogP contribution in [0.4, 0.5) is 5.69 Å². The number of H-pyrrole nitrogens is 2. The molecular formula is C15H16N4O2. The van der Waals surface area contributed by atoms with Gasteiger partial charge in [-0.2, -0.15) is 0 Å². The average molecular weight is 284 g/mol. The minimum atomic E-state index is -0.457. The normalized spacial score (nSPS) is 19.1. The number of benzene rings is 1. The van der Waals surface area contributed by atoms with E-state index in [0.29, 0.717) is 6.54 Å². The van der Waals surface area contributed by atoms with Gasteiger partial charge in [0, 0.05) is 17.6 Å². The van der Waals surface area contributed by atoms with Gasteiger partial charge in [-0.25, -0.2) is 9.89 Å². The Kier molecular flexibility index (Phi) is 2.54. The number of aromatic amines is 2. The molecule has 108 valence electrons. The van der Waals surface area contributed by atoms with Gasteiger partial charge in [-0.3, -0.25) is 9.78 Å². The minimum Gasteiger partial charge on any atom is -0.304 e. The number of para-hydroxylation sites is 1. The van der Waals surface area contributed by atoms with Crippen molar-refractivity contribution in [3.8, 4) is 0 Å². The van der Waals surface area contributed by atoms with Crippen molar-refractivity contribution in [2.45, 2.75) is 31.1 Å². The van der Waals surface area contributed by atoms with Crippen LogP contribution >= 0.6 is 0 Å². The molecule has 0 radical (unpaired) electrons. The van der Waals surface area contributed by atoms with Gasteiger partial charge in [0.2, 0.25) is 5.82 Å². The van der Waals surface area contributed by atoms with Crippen molar-refractivity contribution in [1.82, 2.24) is 15.2 Å². The van der Waals surface area contributed by atoms with E-state index in [2.05, 4.69) is 21.2 Å². The van der Waals surface area contributed by atoms with Crippen LogP contribution in [0.3, 0.4) is 0 Å². The number of fused-ring (bicyclic) bond motifs is 2. The Balaban J connectivity index is 1.78. The fourth-order valence-electron chi connectivity index (χ4n) is 3.79. The minimum absolute atomic E-state index is 0.0739. The second-order valence-corrected chi connectivity index (χ2v) is 5.92. The lowest BCUT2D eigenvalue weighted by atomic mass is 9.81. The molecule has 1 aliphatic heterocycles. The Hall–Kier alpha value is -2.37. The van der Waals surface area contributed by atoms with Crippen molar-refractivity contribution in [2.75, 3.05) is 11.4 Å². The molecule has 1 aliphatic carbocycles. The van der Waals surface area contributed by atoms with Gasteiger partial charge in [0.05, 0.1) is 0 Å². The molecule has 0 atom stereocenters. The average Bonchev–Trinajstić information content (AvgIpc) is 3.20. The fraction of sp³-hybridized carbons (Fsp3) is 0.400. The Morgan fingerprint density at radius 1 is 1.24 bits per heavy atom. The highest BCUT2D eigenvalue weighted by atomic mass is 16.2. The molecule has 6 heteroatoms. The molecule has 2 aliphatic rings. The SMILES string of the molecule is O=C(c1n[nH]c(=O)[nH]1)N1CC2(CCCC2)c2ccccc21. The molecule has 2 N–H and O–H groups in total. The van der Waals surface area contributed by atoms with Gasteiger partial charge in [0.25, 0.3) is 5.91 Å². The summed E-state index contributed by atoms with van der Waals surface area (Å²) in [5.74, 6) is -0.172. The van der Waals surface area contributed by atoms with E-state index in [9.17, 15) is 9.59 Å². The van der Waals surface area contributed by atoms with Crippen LogP contribution in [0.2, 0.25) is 0 Å². The van der Waals surface area contributed by atoms with Crippen molar-refractivity contribution < 1.29 is 4.79 Å². The molecular weight excluding hydrogens is 268 g/mol. The summed E-state index contributed by atoms with van der Waals surface area (Å²) in [6, 6.07) is 8.08. The van der Waals surface area contributed by atoms with Crippen LogP contribution in [0.1, 0.15) is 41.9 Å². The maximum absolute atomic E-state index is 12.6. The number of anilines is 1. The van der Waals surface area contributed by atoms with E-state index in [1.54, 1.807) is 4.90 Å². The Bertz CT molecular complexity index is 755. The topological polar surface area (TPSA) is 81.8 Å². The Morgan fingerprint density at radius 2 is 2.00 bits per heavy atom. The van der Waals surface area contributed by atoms with Gasteiger partial charge < -0.3 is 4.90 Å². The molecule has 1 aromatic heterocycles. The zero-order valence-corrected chi connectivity index (χ0v) is 11.6. The van der Waals surface area contributed by atoms with Crippen LogP contribution in [-0.4, -0.2) is 27.6 Å². The van der Waals surface area contributed by atoms with Crippen LogP contribution in [0.15, 0.2) is 29.1 Å². The summed E-state index contributed by atoms with van der Waals surface area (Å²) in [5, 5.41) is 6.01. The smallest absolute Gasteiger partial charge is 0.304 e. The number of aromatic nitrogens is 3. The Labute approximate surface area is 121 Å². The number of hydrogen-bond donors (Lipinski definition) is 2. The zero-order valence-electron chi connectivity index (χ0n) is 11.6. The van der Waals surface area contributed by atoms with E-state index in [1.807, 2.05) is 18.2 Å². The number of hydrogen-bond acceptors (Lipinski definition) is 3. The molecule has 1 aromatic carbocycles. The van der Waals surface area contributed by atoms with Crippen molar-refractivity contribution in [2.24, 2.45) is 0 Å². The predicted molar refractivity (Wildman–Crippen MR) is 77.5 cm³/mol. The van der Waals surface area contributed by atoms with E-state index in [0.717, 1.165) is 18.5 Å². The zero-order chi connectivity index (χ0) is 14.4. The third kappa shape index (κ3) is 1.75. The second-order valence-electron chi connectivity index (χ2n) is 5.92. The van der Waals surface area contributed by atoms with Crippen molar-refractivity contribution in [1.29, 1.82) is 0 Å². The van der Waals surface area contributed by atoms with Gasteiger partial charge in [-0.05, 0) is 24.5 Å². The summed E-state index contributed by atoms with van der Waals surface area (Å²) in [6.07, 6.45) is 4.64. The standard InChI is InChI=1S/C15H16N4O2/c20-13(12-16-14(21)18-17-12)19-9-15(7-3-4-8-15)10-5-1-2-6-11(10)19/h1-2,5-6H,3-4,7-9H2,(H2,16,17,18,21). The summed E-state index contributed by atoms with van der Waals surface area (Å²) >= 11 is 0. The maximum Gasteiger partial charge on any atom is 0.341 e. The quantitative estimate of drug-likeness (QED) is 0.834. The third-order valence-electron chi connectivity index (χ3n) is 4.74. The molecule has 1 amide bonds. The molecule has 6 nitrogen and oxygen atoms in total. The molecule has 1 spiro atoms. The molecule has 21 heavy (non-hydrogen) atoms. The number of amides is 1. The number of carbonyl (C=O) groups is 1. The van der Waals surface area contributed by atoms with Crippen molar-refractivity contribution >= 4 is 11.6 Å². The first-order valence-electron chi connectivity index (χ1n) is 7.26. The van der Waals surface area contributed by atoms with Crippen LogP contribution in [-0.2, 0) is 5.41 Å². The largest absolute Gasteiger partial charge is 0.341 e. The van der Waals surface area contributed by atoms with Crippen LogP contribution < -0.4 is 10.6 Å². The fourth-order valence-corrected chi connectivity index (χ4v) is 3.79. The van der Waals surface area contributed by atoms with Gasteiger partial charge in [0.1, 0.15) is 0 Å². The lowest BCUT2D eigenvalue weighted by molar-refractivity contribution is 0.0975. The number of rotatable bonds is 1. The van der Waals surface area contributed by atoms with Crippen molar-refractivity contribution in [3.63, 3.8) is 0 Å². The van der Waals surface area contributed by atoms with E-state index in [4.69, 9.17) is 0 Å². The van der Waals surface area contributed by atoms with E-state index in [-0.39, 0.29) is 17.1 Å².